The first-order valence-corrected chi connectivity index (χ1v) is 14.7. The Kier molecular flexibility index (Phi) is 9.04. The van der Waals surface area contributed by atoms with Crippen LogP contribution in [0.15, 0.2) is 41.5 Å². The van der Waals surface area contributed by atoms with Crippen molar-refractivity contribution in [3.63, 3.8) is 0 Å². The molecule has 0 amide bonds. The van der Waals surface area contributed by atoms with Gasteiger partial charge in [-0.05, 0) is 32.8 Å². The number of nitrogens with one attached hydrogen (secondary N) is 3. The van der Waals surface area contributed by atoms with E-state index < -0.39 is 42.4 Å². The quantitative estimate of drug-likeness (QED) is 0.123. The Labute approximate surface area is 230 Å². The molecular formula is C25H34N7O7P. The number of ether oxygens (including phenoxy) is 3. The van der Waals surface area contributed by atoms with Gasteiger partial charge in [-0.3, -0.25) is 23.9 Å². The summed E-state index contributed by atoms with van der Waals surface area (Å²) in [7, 11) is -3.56. The van der Waals surface area contributed by atoms with Gasteiger partial charge in [0, 0.05) is 12.6 Å². The number of carbonyl (C=O) groups is 2. The molecule has 0 bridgehead atoms. The van der Waals surface area contributed by atoms with Gasteiger partial charge in [0.1, 0.15) is 19.0 Å². The third kappa shape index (κ3) is 6.94. The number of aromatic nitrogens is 4. The van der Waals surface area contributed by atoms with Crippen LogP contribution in [0.25, 0.3) is 11.2 Å². The van der Waals surface area contributed by atoms with E-state index in [1.165, 1.54) is 13.3 Å². The fourth-order valence-corrected chi connectivity index (χ4v) is 6.37. The summed E-state index contributed by atoms with van der Waals surface area (Å²) >= 11 is 0. The summed E-state index contributed by atoms with van der Waals surface area (Å²) in [6, 6.07) is 7.97. The number of anilines is 1. The van der Waals surface area contributed by atoms with E-state index in [2.05, 4.69) is 25.1 Å². The molecule has 1 aromatic carbocycles. The van der Waals surface area contributed by atoms with E-state index in [0.717, 1.165) is 5.56 Å². The molecular weight excluding hydrogens is 541 g/mol. The second-order valence-corrected chi connectivity index (χ2v) is 12.1. The molecule has 4 rings (SSSR count). The van der Waals surface area contributed by atoms with E-state index in [-0.39, 0.29) is 44.2 Å². The number of carbonyl (C=O) groups excluding carboxylic acids is 2. The first-order chi connectivity index (χ1) is 19.0. The van der Waals surface area contributed by atoms with Gasteiger partial charge in [-0.2, -0.15) is 4.98 Å². The molecule has 5 N–H and O–H groups in total. The first-order valence-electron chi connectivity index (χ1n) is 12.9. The fraction of sp³-hybridized carbons (Fsp3) is 0.480. The highest BCUT2D eigenvalue weighted by molar-refractivity contribution is 7.59. The Morgan fingerprint density at radius 3 is 2.77 bits per heavy atom. The average Bonchev–Trinajstić information content (AvgIpc) is 3.38. The van der Waals surface area contributed by atoms with Crippen LogP contribution in [0.5, 0.6) is 0 Å². The molecule has 1 fully saturated rings. The summed E-state index contributed by atoms with van der Waals surface area (Å²) in [5.41, 5.74) is 5.60. The standard InChI is InChI=1S/C25H34N7O7P/c1-4-38-22(34)16(2)30-40(36,15-37-11-10-32-14-27-19-20(32)28-24(26)29-21(19)33)31-18-12-25(18,3)23(35)39-13-17-8-6-5-7-9-17/h5-9,14,16,18H,4,10-13,15H2,1-3H3,(H2,30,31,36)(H3,26,28,29,33)/t16-,18?,25-,40?/m1/s1. The number of benzene rings is 1. The molecule has 2 heterocycles. The third-order valence-corrected chi connectivity index (χ3v) is 8.64. The maximum atomic E-state index is 13.9. The molecule has 0 saturated heterocycles. The topological polar surface area (TPSA) is 193 Å². The van der Waals surface area contributed by atoms with Gasteiger partial charge in [0.15, 0.2) is 11.2 Å². The third-order valence-electron chi connectivity index (χ3n) is 6.57. The molecule has 216 valence electrons. The van der Waals surface area contributed by atoms with Crippen LogP contribution in [0.2, 0.25) is 0 Å². The highest BCUT2D eigenvalue weighted by Crippen LogP contribution is 2.52. The first kappa shape index (κ1) is 29.4. The number of aromatic amines is 1. The SMILES string of the molecule is CCOC(=O)[C@@H](C)NP(=O)(COCCn1cnc2c(=O)[nH]c(N)nc21)NC1C[C@@]1(C)C(=O)OCc1ccccc1. The molecule has 2 aromatic heterocycles. The van der Waals surface area contributed by atoms with Crippen LogP contribution in [0.3, 0.4) is 0 Å². The summed E-state index contributed by atoms with van der Waals surface area (Å²) in [5, 5.41) is 5.84. The highest BCUT2D eigenvalue weighted by atomic mass is 31.2. The van der Waals surface area contributed by atoms with Crippen molar-refractivity contribution < 1.29 is 28.4 Å². The Bertz CT molecular complexity index is 1460. The Morgan fingerprint density at radius 1 is 1.30 bits per heavy atom. The van der Waals surface area contributed by atoms with E-state index in [9.17, 15) is 18.9 Å². The zero-order valence-electron chi connectivity index (χ0n) is 22.6. The molecule has 1 saturated carbocycles. The number of fused-ring (bicyclic) bond motifs is 1. The zero-order chi connectivity index (χ0) is 28.9. The summed E-state index contributed by atoms with van der Waals surface area (Å²) in [5.74, 6) is -1.02. The maximum absolute atomic E-state index is 13.9. The Hall–Kier alpha value is -3.58. The monoisotopic (exact) mass is 575 g/mol. The van der Waals surface area contributed by atoms with Crippen LogP contribution < -0.4 is 21.5 Å². The van der Waals surface area contributed by atoms with E-state index >= 15 is 0 Å². The van der Waals surface area contributed by atoms with Crippen LogP contribution in [-0.4, -0.2) is 63.1 Å². The zero-order valence-corrected chi connectivity index (χ0v) is 23.5. The van der Waals surface area contributed by atoms with Crippen molar-refractivity contribution in [3.05, 3.63) is 52.6 Å². The second kappa shape index (κ2) is 12.3. The number of hydrogen-bond donors (Lipinski definition) is 4. The number of nitrogens with two attached hydrogens (primary N) is 1. The van der Waals surface area contributed by atoms with E-state index in [4.69, 9.17) is 19.9 Å². The van der Waals surface area contributed by atoms with Gasteiger partial charge >= 0.3 is 11.9 Å². The van der Waals surface area contributed by atoms with Gasteiger partial charge in [-0.1, -0.05) is 30.3 Å². The van der Waals surface area contributed by atoms with Crippen LogP contribution in [0.1, 0.15) is 32.8 Å². The normalized spacial score (nSPS) is 20.5. The lowest BCUT2D eigenvalue weighted by Gasteiger charge is -2.25. The Balaban J connectivity index is 1.38. The number of imidazole rings is 1. The summed E-state index contributed by atoms with van der Waals surface area (Å²) in [6.45, 7) is 5.59. The predicted molar refractivity (Wildman–Crippen MR) is 146 cm³/mol. The van der Waals surface area contributed by atoms with Gasteiger partial charge in [0.25, 0.3) is 5.56 Å². The van der Waals surface area contributed by atoms with Gasteiger partial charge in [0.2, 0.25) is 13.4 Å². The van der Waals surface area contributed by atoms with Crippen molar-refractivity contribution in [1.29, 1.82) is 0 Å². The molecule has 0 radical (unpaired) electrons. The predicted octanol–water partition coefficient (Wildman–Crippen LogP) is 1.52. The average molecular weight is 576 g/mol. The molecule has 4 atom stereocenters. The molecule has 1 aliphatic rings. The van der Waals surface area contributed by atoms with Crippen molar-refractivity contribution in [2.75, 3.05) is 25.3 Å². The molecule has 15 heteroatoms. The highest BCUT2D eigenvalue weighted by Gasteiger charge is 2.59. The number of H-pyrrole nitrogens is 1. The largest absolute Gasteiger partial charge is 0.465 e. The number of nitrogens with zero attached hydrogens (tertiary/aromatic N) is 3. The number of nitrogen functional groups attached to an aromatic ring is 1. The van der Waals surface area contributed by atoms with Crippen LogP contribution in [-0.2, 0) is 41.5 Å². The summed E-state index contributed by atoms with van der Waals surface area (Å²) in [4.78, 5) is 47.6. The number of rotatable bonds is 14. The van der Waals surface area contributed by atoms with E-state index in [0.29, 0.717) is 12.1 Å². The van der Waals surface area contributed by atoms with E-state index in [1.807, 2.05) is 30.3 Å². The molecule has 14 nitrogen and oxygen atoms in total. The van der Waals surface area contributed by atoms with Gasteiger partial charge in [-0.25, -0.2) is 15.2 Å². The number of esters is 2. The maximum Gasteiger partial charge on any atom is 0.323 e. The van der Waals surface area contributed by atoms with Crippen LogP contribution in [0, 0.1) is 5.41 Å². The minimum Gasteiger partial charge on any atom is -0.465 e. The minimum atomic E-state index is -3.56. The lowest BCUT2D eigenvalue weighted by molar-refractivity contribution is -0.151. The second-order valence-electron chi connectivity index (χ2n) is 9.81. The summed E-state index contributed by atoms with van der Waals surface area (Å²) < 4.78 is 31.8. The molecule has 40 heavy (non-hydrogen) atoms. The van der Waals surface area contributed by atoms with Gasteiger partial charge < -0.3 is 24.5 Å². The van der Waals surface area contributed by atoms with Crippen LogP contribution >= 0.6 is 7.44 Å². The van der Waals surface area contributed by atoms with Crippen molar-refractivity contribution in [2.45, 2.75) is 52.4 Å². The molecule has 0 aliphatic heterocycles. The van der Waals surface area contributed by atoms with Gasteiger partial charge in [-0.15, -0.1) is 0 Å². The minimum absolute atomic E-state index is 0.0409. The molecule has 0 spiro atoms. The molecule has 1 aliphatic carbocycles. The summed E-state index contributed by atoms with van der Waals surface area (Å²) in [6.07, 6.45) is 1.55. The lowest BCUT2D eigenvalue weighted by Crippen LogP contribution is -2.39. The van der Waals surface area contributed by atoms with Crippen molar-refractivity contribution in [2.24, 2.45) is 5.41 Å². The van der Waals surface area contributed by atoms with Crippen molar-refractivity contribution in [3.8, 4) is 0 Å². The lowest BCUT2D eigenvalue weighted by atomic mass is 10.1. The molecule has 2 unspecified atom stereocenters. The van der Waals surface area contributed by atoms with Crippen LogP contribution in [0.4, 0.5) is 5.95 Å². The van der Waals surface area contributed by atoms with Gasteiger partial charge in [0.05, 0.1) is 25.0 Å². The smallest absolute Gasteiger partial charge is 0.323 e. The van der Waals surface area contributed by atoms with Crippen molar-refractivity contribution in [1.82, 2.24) is 29.7 Å². The Morgan fingerprint density at radius 2 is 2.05 bits per heavy atom. The van der Waals surface area contributed by atoms with E-state index in [1.54, 1.807) is 18.4 Å². The van der Waals surface area contributed by atoms with Crippen molar-refractivity contribution >= 4 is 36.5 Å². The molecule has 3 aromatic rings. The number of hydrogen-bond acceptors (Lipinski definition) is 10. The fourth-order valence-electron chi connectivity index (χ4n) is 4.15.